The van der Waals surface area contributed by atoms with E-state index in [1.165, 1.54) is 0 Å². The van der Waals surface area contributed by atoms with Crippen LogP contribution in [0, 0.1) is 0 Å². The Morgan fingerprint density at radius 1 is 0.970 bits per heavy atom. The van der Waals surface area contributed by atoms with Crippen LogP contribution in [0.1, 0.15) is 23.4 Å². The Bertz CT molecular complexity index is 1160. The highest BCUT2D eigenvalue weighted by molar-refractivity contribution is 5.76. The number of nitrogens with zero attached hydrogens (tertiary/aromatic N) is 2. The summed E-state index contributed by atoms with van der Waals surface area (Å²) in [5.41, 5.74) is 2.91. The number of aromatic nitrogens is 2. The van der Waals surface area contributed by atoms with E-state index >= 15 is 0 Å². The van der Waals surface area contributed by atoms with Gasteiger partial charge >= 0.3 is 0 Å². The lowest BCUT2D eigenvalue weighted by Gasteiger charge is -2.08. The topological polar surface area (TPSA) is 86.5 Å². The van der Waals surface area contributed by atoms with Crippen LogP contribution in [0.15, 0.2) is 83.7 Å². The lowest BCUT2D eigenvalue weighted by atomic mass is 10.2. The maximum atomic E-state index is 12.2. The zero-order valence-electron chi connectivity index (χ0n) is 18.4. The van der Waals surface area contributed by atoms with Crippen molar-refractivity contribution in [2.45, 2.75) is 26.0 Å². The molecule has 4 aromatic rings. The van der Waals surface area contributed by atoms with Gasteiger partial charge < -0.3 is 19.2 Å². The summed E-state index contributed by atoms with van der Waals surface area (Å²) in [4.78, 5) is 20.6. The number of ether oxygens (including phenoxy) is 2. The Morgan fingerprint density at radius 3 is 2.48 bits per heavy atom. The zero-order valence-corrected chi connectivity index (χ0v) is 18.4. The van der Waals surface area contributed by atoms with Gasteiger partial charge in [0.15, 0.2) is 11.7 Å². The van der Waals surface area contributed by atoms with Crippen LogP contribution in [-0.4, -0.2) is 23.0 Å². The van der Waals surface area contributed by atoms with Gasteiger partial charge in [0.25, 0.3) is 0 Å². The molecule has 33 heavy (non-hydrogen) atoms. The summed E-state index contributed by atoms with van der Waals surface area (Å²) in [5, 5.41) is 2.93. The zero-order chi connectivity index (χ0) is 22.9. The minimum absolute atomic E-state index is 0.0592. The fourth-order valence-corrected chi connectivity index (χ4v) is 3.18. The number of rotatable bonds is 10. The molecule has 7 nitrogen and oxygen atoms in total. The van der Waals surface area contributed by atoms with E-state index in [0.29, 0.717) is 37.6 Å². The van der Waals surface area contributed by atoms with Crippen molar-refractivity contribution in [3.63, 3.8) is 0 Å². The second-order valence-electron chi connectivity index (χ2n) is 7.42. The second-order valence-corrected chi connectivity index (χ2v) is 7.42. The molecule has 0 fully saturated rings. The number of hydrogen-bond acceptors (Lipinski definition) is 6. The maximum Gasteiger partial charge on any atom is 0.220 e. The van der Waals surface area contributed by atoms with Crippen molar-refractivity contribution in [3.05, 3.63) is 96.3 Å². The van der Waals surface area contributed by atoms with Crippen molar-refractivity contribution in [3.8, 4) is 22.8 Å². The minimum Gasteiger partial charge on any atom is -0.497 e. The molecule has 168 valence electrons. The number of hydrogen-bond donors (Lipinski definition) is 1. The van der Waals surface area contributed by atoms with Gasteiger partial charge in [0, 0.05) is 42.9 Å². The third-order valence-electron chi connectivity index (χ3n) is 5.04. The summed E-state index contributed by atoms with van der Waals surface area (Å²) < 4.78 is 16.7. The van der Waals surface area contributed by atoms with E-state index in [0.717, 1.165) is 28.2 Å². The predicted octanol–water partition coefficient (Wildman–Crippen LogP) is 4.57. The van der Waals surface area contributed by atoms with E-state index in [9.17, 15) is 4.79 Å². The van der Waals surface area contributed by atoms with Gasteiger partial charge in [-0.2, -0.15) is 0 Å². The molecule has 0 saturated heterocycles. The molecule has 2 heterocycles. The Morgan fingerprint density at radius 2 is 1.76 bits per heavy atom. The number of pyridine rings is 1. The summed E-state index contributed by atoms with van der Waals surface area (Å²) in [5.74, 6) is 2.69. The Hall–Kier alpha value is -4.13. The number of carbonyl (C=O) groups is 1. The quantitative estimate of drug-likeness (QED) is 0.386. The molecule has 0 aliphatic rings. The number of carbonyl (C=O) groups excluding carboxylic acids is 1. The molecule has 0 unspecified atom stereocenters. The first-order valence-corrected chi connectivity index (χ1v) is 10.7. The third kappa shape index (κ3) is 6.43. The highest BCUT2D eigenvalue weighted by atomic mass is 16.5. The SMILES string of the molecule is COc1ccc(-c2cnc(CCC(=O)NCc3ccc(OCc4cccnc4)cc3)o2)cc1. The summed E-state index contributed by atoms with van der Waals surface area (Å²) in [6, 6.07) is 19.1. The maximum absolute atomic E-state index is 12.2. The Labute approximate surface area is 192 Å². The molecule has 0 saturated carbocycles. The number of amides is 1. The molecule has 1 amide bonds. The highest BCUT2D eigenvalue weighted by Crippen LogP contribution is 2.23. The fourth-order valence-electron chi connectivity index (χ4n) is 3.18. The molecule has 0 spiro atoms. The second kappa shape index (κ2) is 10.9. The predicted molar refractivity (Wildman–Crippen MR) is 124 cm³/mol. The monoisotopic (exact) mass is 443 g/mol. The lowest BCUT2D eigenvalue weighted by molar-refractivity contribution is -0.121. The molecule has 4 rings (SSSR count). The fraction of sp³-hybridized carbons (Fsp3) is 0.192. The van der Waals surface area contributed by atoms with E-state index < -0.39 is 0 Å². The first-order chi connectivity index (χ1) is 16.2. The van der Waals surface area contributed by atoms with E-state index in [1.54, 1.807) is 25.7 Å². The number of aryl methyl sites for hydroxylation is 1. The van der Waals surface area contributed by atoms with Gasteiger partial charge in [0.1, 0.15) is 18.1 Å². The summed E-state index contributed by atoms with van der Waals surface area (Å²) in [7, 11) is 1.63. The summed E-state index contributed by atoms with van der Waals surface area (Å²) in [6.45, 7) is 0.912. The van der Waals surface area contributed by atoms with Crippen LogP contribution >= 0.6 is 0 Å². The Kier molecular flexibility index (Phi) is 7.33. The van der Waals surface area contributed by atoms with Crippen molar-refractivity contribution < 1.29 is 18.7 Å². The van der Waals surface area contributed by atoms with Gasteiger partial charge in [-0.1, -0.05) is 18.2 Å². The van der Waals surface area contributed by atoms with Crippen LogP contribution in [0.3, 0.4) is 0 Å². The average Bonchev–Trinajstić information content (AvgIpc) is 3.35. The van der Waals surface area contributed by atoms with Crippen LogP contribution in [0.5, 0.6) is 11.5 Å². The minimum atomic E-state index is -0.0592. The van der Waals surface area contributed by atoms with Crippen LogP contribution in [0.4, 0.5) is 0 Å². The molecule has 2 aromatic heterocycles. The first-order valence-electron chi connectivity index (χ1n) is 10.7. The molecule has 0 radical (unpaired) electrons. The largest absolute Gasteiger partial charge is 0.497 e. The van der Waals surface area contributed by atoms with E-state index in [-0.39, 0.29) is 5.91 Å². The van der Waals surface area contributed by atoms with Gasteiger partial charge in [0.05, 0.1) is 13.3 Å². The average molecular weight is 444 g/mol. The molecule has 0 bridgehead atoms. The normalized spacial score (nSPS) is 10.6. The molecule has 7 heteroatoms. The molecule has 2 aromatic carbocycles. The molecule has 1 N–H and O–H groups in total. The molecular weight excluding hydrogens is 418 g/mol. The Balaban J connectivity index is 1.20. The van der Waals surface area contributed by atoms with E-state index in [2.05, 4.69) is 15.3 Å². The number of oxazole rings is 1. The summed E-state index contributed by atoms with van der Waals surface area (Å²) in [6.07, 6.45) is 5.92. The van der Waals surface area contributed by atoms with Crippen molar-refractivity contribution >= 4 is 5.91 Å². The van der Waals surface area contributed by atoms with Gasteiger partial charge in [-0.05, 0) is 48.0 Å². The van der Waals surface area contributed by atoms with Gasteiger partial charge in [-0.15, -0.1) is 0 Å². The number of nitrogens with one attached hydrogen (secondary N) is 1. The highest BCUT2D eigenvalue weighted by Gasteiger charge is 2.09. The van der Waals surface area contributed by atoms with Crippen LogP contribution in [0.25, 0.3) is 11.3 Å². The van der Waals surface area contributed by atoms with E-state index in [1.807, 2.05) is 60.7 Å². The first kappa shape index (κ1) is 22.1. The lowest BCUT2D eigenvalue weighted by Crippen LogP contribution is -2.23. The van der Waals surface area contributed by atoms with Crippen LogP contribution < -0.4 is 14.8 Å². The van der Waals surface area contributed by atoms with Crippen molar-refractivity contribution in [1.82, 2.24) is 15.3 Å². The standard InChI is InChI=1S/C26H25N3O4/c1-31-22-10-6-21(7-11-22)24-17-29-26(33-24)13-12-25(30)28-16-19-4-8-23(9-5-19)32-18-20-3-2-14-27-15-20/h2-11,14-15,17H,12-13,16,18H2,1H3,(H,28,30). The van der Waals surface area contributed by atoms with Gasteiger partial charge in [0.2, 0.25) is 5.91 Å². The van der Waals surface area contributed by atoms with E-state index in [4.69, 9.17) is 13.9 Å². The molecule has 0 aliphatic heterocycles. The molecule has 0 atom stereocenters. The summed E-state index contributed by atoms with van der Waals surface area (Å²) >= 11 is 0. The van der Waals surface area contributed by atoms with Crippen molar-refractivity contribution in [1.29, 1.82) is 0 Å². The van der Waals surface area contributed by atoms with Crippen molar-refractivity contribution in [2.75, 3.05) is 7.11 Å². The number of methoxy groups -OCH3 is 1. The molecule has 0 aliphatic carbocycles. The van der Waals surface area contributed by atoms with Gasteiger partial charge in [-0.25, -0.2) is 4.98 Å². The smallest absolute Gasteiger partial charge is 0.220 e. The van der Waals surface area contributed by atoms with Gasteiger partial charge in [-0.3, -0.25) is 9.78 Å². The van der Waals surface area contributed by atoms with Crippen LogP contribution in [0.2, 0.25) is 0 Å². The molecular formula is C26H25N3O4. The number of benzene rings is 2. The van der Waals surface area contributed by atoms with Crippen molar-refractivity contribution in [2.24, 2.45) is 0 Å². The third-order valence-corrected chi connectivity index (χ3v) is 5.04. The van der Waals surface area contributed by atoms with Crippen LogP contribution in [-0.2, 0) is 24.4 Å².